The molecule has 3 rings (SSSR count). The molecule has 1 N–H and O–H groups in total. The van der Waals surface area contributed by atoms with Crippen LogP contribution in [-0.2, 0) is 0 Å². The molecule has 0 heterocycles. The maximum atomic E-state index is 13.7. The van der Waals surface area contributed by atoms with Crippen molar-refractivity contribution < 1.29 is 9.50 Å². The van der Waals surface area contributed by atoms with Crippen molar-refractivity contribution in [3.05, 3.63) is 95.8 Å². The first-order valence-corrected chi connectivity index (χ1v) is 6.83. The number of halogens is 1. The highest BCUT2D eigenvalue weighted by Crippen LogP contribution is 2.26. The minimum atomic E-state index is -0.948. The Hall–Kier alpha value is -2.45. The summed E-state index contributed by atoms with van der Waals surface area (Å²) in [5.41, 5.74) is 3.16. The van der Waals surface area contributed by atoms with E-state index in [4.69, 9.17) is 0 Å². The number of hydrogen-bond acceptors (Lipinski definition) is 1. The van der Waals surface area contributed by atoms with Crippen LogP contribution in [0.25, 0.3) is 11.1 Å². The van der Waals surface area contributed by atoms with E-state index < -0.39 is 11.9 Å². The molecule has 0 unspecified atom stereocenters. The fourth-order valence-electron chi connectivity index (χ4n) is 2.36. The van der Waals surface area contributed by atoms with Gasteiger partial charge in [0.1, 0.15) is 11.9 Å². The third-order valence-electron chi connectivity index (χ3n) is 3.53. The number of rotatable bonds is 3. The highest BCUT2D eigenvalue weighted by molar-refractivity contribution is 5.63. The molecule has 2 heteroatoms. The molecule has 0 saturated carbocycles. The molecule has 0 bridgehead atoms. The number of benzene rings is 3. The third-order valence-corrected chi connectivity index (χ3v) is 3.53. The molecule has 21 heavy (non-hydrogen) atoms. The average Bonchev–Trinajstić information content (AvgIpc) is 2.56. The molecular formula is C19H15FO. The monoisotopic (exact) mass is 278 g/mol. The normalized spacial score (nSPS) is 12.1. The van der Waals surface area contributed by atoms with Gasteiger partial charge in [-0.05, 0) is 22.8 Å². The van der Waals surface area contributed by atoms with Gasteiger partial charge in [-0.1, -0.05) is 72.8 Å². The summed E-state index contributed by atoms with van der Waals surface area (Å²) in [5, 5.41) is 10.3. The van der Waals surface area contributed by atoms with Crippen molar-refractivity contribution >= 4 is 0 Å². The molecule has 0 fully saturated rings. The van der Waals surface area contributed by atoms with Gasteiger partial charge in [-0.15, -0.1) is 0 Å². The van der Waals surface area contributed by atoms with E-state index in [2.05, 4.69) is 0 Å². The molecule has 0 aliphatic rings. The molecule has 3 aromatic rings. The zero-order valence-electron chi connectivity index (χ0n) is 11.4. The van der Waals surface area contributed by atoms with Gasteiger partial charge in [-0.3, -0.25) is 0 Å². The number of hydrogen-bond donors (Lipinski definition) is 1. The van der Waals surface area contributed by atoms with E-state index in [1.165, 1.54) is 6.07 Å². The highest BCUT2D eigenvalue weighted by Gasteiger charge is 2.14. The van der Waals surface area contributed by atoms with Gasteiger partial charge in [-0.2, -0.15) is 0 Å². The zero-order valence-corrected chi connectivity index (χ0v) is 11.4. The lowest BCUT2D eigenvalue weighted by atomic mass is 9.98. The summed E-state index contributed by atoms with van der Waals surface area (Å²) in [4.78, 5) is 0. The van der Waals surface area contributed by atoms with Crippen molar-refractivity contribution in [2.45, 2.75) is 6.10 Å². The topological polar surface area (TPSA) is 20.2 Å². The minimum Gasteiger partial charge on any atom is -0.384 e. The molecule has 0 aromatic heterocycles. The van der Waals surface area contributed by atoms with Crippen LogP contribution in [0.1, 0.15) is 17.2 Å². The predicted molar refractivity (Wildman–Crippen MR) is 82.3 cm³/mol. The van der Waals surface area contributed by atoms with Gasteiger partial charge in [0.25, 0.3) is 0 Å². The predicted octanol–water partition coefficient (Wildman–Crippen LogP) is 4.57. The second kappa shape index (κ2) is 5.90. The standard InChI is InChI=1S/C19H15FO/c20-18-9-5-4-8-17(18)19(21)16-12-10-15(11-13-16)14-6-2-1-3-7-14/h1-13,19,21H/t19-/m1/s1. The van der Waals surface area contributed by atoms with E-state index in [1.807, 2.05) is 54.6 Å². The van der Waals surface area contributed by atoms with E-state index >= 15 is 0 Å². The molecule has 1 nitrogen and oxygen atoms in total. The van der Waals surface area contributed by atoms with Gasteiger partial charge < -0.3 is 5.11 Å². The smallest absolute Gasteiger partial charge is 0.129 e. The van der Waals surface area contributed by atoms with Gasteiger partial charge in [0.15, 0.2) is 0 Å². The van der Waals surface area contributed by atoms with Crippen LogP contribution in [0.3, 0.4) is 0 Å². The van der Waals surface area contributed by atoms with Gasteiger partial charge in [0.05, 0.1) is 0 Å². The van der Waals surface area contributed by atoms with E-state index in [0.29, 0.717) is 11.1 Å². The number of aliphatic hydroxyl groups is 1. The van der Waals surface area contributed by atoms with Crippen LogP contribution in [0.15, 0.2) is 78.9 Å². The molecule has 0 amide bonds. The first kappa shape index (κ1) is 13.5. The van der Waals surface area contributed by atoms with Gasteiger partial charge in [-0.25, -0.2) is 4.39 Å². The van der Waals surface area contributed by atoms with Gasteiger partial charge in [0, 0.05) is 5.56 Å². The van der Waals surface area contributed by atoms with Crippen LogP contribution >= 0.6 is 0 Å². The van der Waals surface area contributed by atoms with Crippen molar-refractivity contribution in [3.63, 3.8) is 0 Å². The van der Waals surface area contributed by atoms with Crippen LogP contribution in [-0.4, -0.2) is 5.11 Å². The molecule has 0 aliphatic carbocycles. The summed E-state index contributed by atoms with van der Waals surface area (Å²) in [6, 6.07) is 23.8. The second-order valence-corrected chi connectivity index (χ2v) is 4.91. The molecule has 0 radical (unpaired) electrons. The second-order valence-electron chi connectivity index (χ2n) is 4.91. The summed E-state index contributed by atoms with van der Waals surface area (Å²) in [5.74, 6) is -0.392. The summed E-state index contributed by atoms with van der Waals surface area (Å²) < 4.78 is 13.7. The summed E-state index contributed by atoms with van der Waals surface area (Å²) in [6.07, 6.45) is -0.948. The molecular weight excluding hydrogens is 263 g/mol. The SMILES string of the molecule is O[C@H](c1ccc(-c2ccccc2)cc1)c1ccccc1F. The third kappa shape index (κ3) is 2.86. The quantitative estimate of drug-likeness (QED) is 0.743. The van der Waals surface area contributed by atoms with Crippen molar-refractivity contribution in [1.29, 1.82) is 0 Å². The molecule has 0 saturated heterocycles. The lowest BCUT2D eigenvalue weighted by Crippen LogP contribution is -2.02. The Kier molecular flexibility index (Phi) is 3.80. The maximum Gasteiger partial charge on any atom is 0.129 e. The zero-order chi connectivity index (χ0) is 14.7. The van der Waals surface area contributed by atoms with Crippen molar-refractivity contribution in [2.75, 3.05) is 0 Å². The Morgan fingerprint density at radius 2 is 1.24 bits per heavy atom. The Balaban J connectivity index is 1.89. The lowest BCUT2D eigenvalue weighted by molar-refractivity contribution is 0.215. The fourth-order valence-corrected chi connectivity index (χ4v) is 2.36. The van der Waals surface area contributed by atoms with Crippen molar-refractivity contribution in [1.82, 2.24) is 0 Å². The van der Waals surface area contributed by atoms with E-state index in [-0.39, 0.29) is 0 Å². The molecule has 0 aliphatic heterocycles. The Labute approximate surface area is 123 Å². The largest absolute Gasteiger partial charge is 0.384 e. The number of aliphatic hydroxyl groups excluding tert-OH is 1. The highest BCUT2D eigenvalue weighted by atomic mass is 19.1. The Morgan fingerprint density at radius 1 is 0.667 bits per heavy atom. The molecule has 104 valence electrons. The Bertz CT molecular complexity index is 720. The van der Waals surface area contributed by atoms with E-state index in [0.717, 1.165) is 11.1 Å². The maximum absolute atomic E-state index is 13.7. The van der Waals surface area contributed by atoms with E-state index in [1.54, 1.807) is 18.2 Å². The summed E-state index contributed by atoms with van der Waals surface area (Å²) in [7, 11) is 0. The van der Waals surface area contributed by atoms with Gasteiger partial charge >= 0.3 is 0 Å². The summed E-state index contributed by atoms with van der Waals surface area (Å²) in [6.45, 7) is 0. The molecule has 0 spiro atoms. The van der Waals surface area contributed by atoms with Crippen molar-refractivity contribution in [2.24, 2.45) is 0 Å². The van der Waals surface area contributed by atoms with Crippen LogP contribution in [0.2, 0.25) is 0 Å². The first-order chi connectivity index (χ1) is 10.3. The van der Waals surface area contributed by atoms with Crippen LogP contribution in [0.5, 0.6) is 0 Å². The van der Waals surface area contributed by atoms with Crippen molar-refractivity contribution in [3.8, 4) is 11.1 Å². The Morgan fingerprint density at radius 3 is 1.90 bits per heavy atom. The molecule has 3 aromatic carbocycles. The van der Waals surface area contributed by atoms with Crippen LogP contribution in [0, 0.1) is 5.82 Å². The van der Waals surface area contributed by atoms with Crippen LogP contribution in [0.4, 0.5) is 4.39 Å². The lowest BCUT2D eigenvalue weighted by Gasteiger charge is -2.13. The summed E-state index contributed by atoms with van der Waals surface area (Å²) >= 11 is 0. The van der Waals surface area contributed by atoms with E-state index in [9.17, 15) is 9.50 Å². The first-order valence-electron chi connectivity index (χ1n) is 6.83. The van der Waals surface area contributed by atoms with Gasteiger partial charge in [0.2, 0.25) is 0 Å². The molecule has 1 atom stereocenters. The minimum absolute atomic E-state index is 0.296. The average molecular weight is 278 g/mol. The fraction of sp³-hybridized carbons (Fsp3) is 0.0526. The van der Waals surface area contributed by atoms with Crippen LogP contribution < -0.4 is 0 Å².